The van der Waals surface area contributed by atoms with E-state index in [2.05, 4.69) is 0 Å². The van der Waals surface area contributed by atoms with E-state index in [0.717, 1.165) is 22.2 Å². The molecule has 0 saturated carbocycles. The Hall–Kier alpha value is -2.28. The van der Waals surface area contributed by atoms with Gasteiger partial charge in [0.15, 0.2) is 6.10 Å². The van der Waals surface area contributed by atoms with Crippen LogP contribution in [0.2, 0.25) is 0 Å². The van der Waals surface area contributed by atoms with Gasteiger partial charge in [0.2, 0.25) is 0 Å². The van der Waals surface area contributed by atoms with Gasteiger partial charge in [0, 0.05) is 7.05 Å². The lowest BCUT2D eigenvalue weighted by molar-refractivity contribution is -0.144. The molecular formula is C14H13NO5S. The third-order valence-corrected chi connectivity index (χ3v) is 3.79. The van der Waals surface area contributed by atoms with Crippen LogP contribution in [0.5, 0.6) is 5.75 Å². The molecule has 0 bridgehead atoms. The number of aliphatic carboxylic acids is 1. The predicted molar refractivity (Wildman–Crippen MR) is 77.9 cm³/mol. The van der Waals surface area contributed by atoms with Crippen molar-refractivity contribution in [1.29, 1.82) is 0 Å². The molecule has 0 unspecified atom stereocenters. The van der Waals surface area contributed by atoms with Crippen LogP contribution in [0, 0.1) is 0 Å². The van der Waals surface area contributed by atoms with E-state index in [1.807, 2.05) is 0 Å². The fraction of sp³-hybridized carbons (Fsp3) is 0.214. The summed E-state index contributed by atoms with van der Waals surface area (Å²) >= 11 is 0.885. The summed E-state index contributed by atoms with van der Waals surface area (Å²) in [5.41, 5.74) is 0.726. The highest BCUT2D eigenvalue weighted by Gasteiger charge is 2.31. The summed E-state index contributed by atoms with van der Waals surface area (Å²) in [7, 11) is 1.43. The quantitative estimate of drug-likeness (QED) is 0.859. The van der Waals surface area contributed by atoms with Gasteiger partial charge in [0.25, 0.3) is 11.1 Å². The number of amides is 2. The van der Waals surface area contributed by atoms with Crippen LogP contribution in [-0.2, 0) is 9.59 Å². The Morgan fingerprint density at radius 1 is 1.33 bits per heavy atom. The predicted octanol–water partition coefficient (Wildman–Crippen LogP) is 2.20. The summed E-state index contributed by atoms with van der Waals surface area (Å²) in [6.07, 6.45) is 0.672. The van der Waals surface area contributed by atoms with Crippen molar-refractivity contribution in [3.63, 3.8) is 0 Å². The maximum atomic E-state index is 11.7. The summed E-state index contributed by atoms with van der Waals surface area (Å²) in [4.78, 5) is 35.2. The zero-order valence-corrected chi connectivity index (χ0v) is 12.2. The van der Waals surface area contributed by atoms with Gasteiger partial charge in [0.1, 0.15) is 5.75 Å². The SMILES string of the molecule is C[C@H](Oc1ccc(/C=C2/SC(=O)N(C)C2=O)cc1)C(=O)O. The minimum Gasteiger partial charge on any atom is -0.479 e. The van der Waals surface area contributed by atoms with Crippen LogP contribution < -0.4 is 4.74 Å². The van der Waals surface area contributed by atoms with E-state index in [1.165, 1.54) is 14.0 Å². The van der Waals surface area contributed by atoms with E-state index < -0.39 is 12.1 Å². The molecule has 1 heterocycles. The van der Waals surface area contributed by atoms with Crippen molar-refractivity contribution in [3.05, 3.63) is 34.7 Å². The van der Waals surface area contributed by atoms with Crippen LogP contribution in [-0.4, -0.2) is 40.3 Å². The Balaban J connectivity index is 2.11. The zero-order chi connectivity index (χ0) is 15.6. The molecule has 2 rings (SSSR count). The third kappa shape index (κ3) is 3.43. The first-order valence-corrected chi connectivity index (χ1v) is 6.91. The van der Waals surface area contributed by atoms with Crippen LogP contribution in [0.1, 0.15) is 12.5 Å². The smallest absolute Gasteiger partial charge is 0.344 e. The van der Waals surface area contributed by atoms with E-state index in [1.54, 1.807) is 30.3 Å². The van der Waals surface area contributed by atoms with Gasteiger partial charge in [0.05, 0.1) is 4.91 Å². The first kappa shape index (κ1) is 15.1. The maximum Gasteiger partial charge on any atom is 0.344 e. The molecule has 1 fully saturated rings. The number of benzene rings is 1. The molecule has 1 atom stereocenters. The zero-order valence-electron chi connectivity index (χ0n) is 11.4. The van der Waals surface area contributed by atoms with Gasteiger partial charge in [-0.15, -0.1) is 0 Å². The molecule has 1 aromatic carbocycles. The molecule has 7 heteroatoms. The molecule has 1 aromatic rings. The van der Waals surface area contributed by atoms with Gasteiger partial charge in [-0.25, -0.2) is 4.79 Å². The van der Waals surface area contributed by atoms with Crippen LogP contribution in [0.4, 0.5) is 4.79 Å². The number of rotatable bonds is 4. The number of carboxylic acid groups (broad SMARTS) is 1. The van der Waals surface area contributed by atoms with Gasteiger partial charge < -0.3 is 9.84 Å². The number of carbonyl (C=O) groups is 3. The van der Waals surface area contributed by atoms with Crippen LogP contribution in [0.25, 0.3) is 6.08 Å². The highest BCUT2D eigenvalue weighted by atomic mass is 32.2. The number of likely N-dealkylation sites (N-methyl/N-ethyl adjacent to an activating group) is 1. The summed E-state index contributed by atoms with van der Waals surface area (Å²) in [6, 6.07) is 6.60. The summed E-state index contributed by atoms with van der Waals surface area (Å²) in [5, 5.41) is 8.45. The molecular weight excluding hydrogens is 294 g/mol. The Kier molecular flexibility index (Phi) is 4.32. The molecule has 1 aliphatic rings. The van der Waals surface area contributed by atoms with Crippen LogP contribution in [0.15, 0.2) is 29.2 Å². The van der Waals surface area contributed by atoms with Crippen molar-refractivity contribution < 1.29 is 24.2 Å². The monoisotopic (exact) mass is 307 g/mol. The number of imide groups is 1. The van der Waals surface area contributed by atoms with E-state index in [9.17, 15) is 14.4 Å². The second-order valence-electron chi connectivity index (χ2n) is 4.41. The van der Waals surface area contributed by atoms with Crippen molar-refractivity contribution >= 4 is 35.0 Å². The molecule has 1 N–H and O–H groups in total. The summed E-state index contributed by atoms with van der Waals surface area (Å²) in [6.45, 7) is 1.44. The van der Waals surface area contributed by atoms with Gasteiger partial charge in [-0.05, 0) is 42.5 Å². The number of carbonyl (C=O) groups excluding carboxylic acids is 2. The highest BCUT2D eigenvalue weighted by molar-refractivity contribution is 8.18. The van der Waals surface area contributed by atoms with Gasteiger partial charge in [-0.1, -0.05) is 12.1 Å². The van der Waals surface area contributed by atoms with Crippen molar-refractivity contribution in [2.45, 2.75) is 13.0 Å². The van der Waals surface area contributed by atoms with Crippen molar-refractivity contribution in [2.24, 2.45) is 0 Å². The van der Waals surface area contributed by atoms with E-state index in [-0.39, 0.29) is 11.1 Å². The van der Waals surface area contributed by atoms with Crippen molar-refractivity contribution in [2.75, 3.05) is 7.05 Å². The molecule has 0 radical (unpaired) electrons. The van der Waals surface area contributed by atoms with Gasteiger partial charge >= 0.3 is 5.97 Å². The highest BCUT2D eigenvalue weighted by Crippen LogP contribution is 2.31. The fourth-order valence-electron chi connectivity index (χ4n) is 1.59. The number of thioether (sulfide) groups is 1. The minimum atomic E-state index is -1.05. The number of hydrogen-bond donors (Lipinski definition) is 1. The van der Waals surface area contributed by atoms with E-state index in [4.69, 9.17) is 9.84 Å². The maximum absolute atomic E-state index is 11.7. The lowest BCUT2D eigenvalue weighted by Crippen LogP contribution is -2.22. The summed E-state index contributed by atoms with van der Waals surface area (Å²) < 4.78 is 5.20. The van der Waals surface area contributed by atoms with Gasteiger partial charge in [-0.3, -0.25) is 14.5 Å². The van der Waals surface area contributed by atoms with E-state index in [0.29, 0.717) is 10.7 Å². The Labute approximate surface area is 125 Å². The molecule has 1 saturated heterocycles. The van der Waals surface area contributed by atoms with Gasteiger partial charge in [-0.2, -0.15) is 0 Å². The second kappa shape index (κ2) is 6.01. The average Bonchev–Trinajstić information content (AvgIpc) is 2.68. The largest absolute Gasteiger partial charge is 0.479 e. The minimum absolute atomic E-state index is 0.304. The molecule has 0 spiro atoms. The number of ether oxygens (including phenoxy) is 1. The Morgan fingerprint density at radius 2 is 1.95 bits per heavy atom. The summed E-state index contributed by atoms with van der Waals surface area (Å²) in [5.74, 6) is -0.953. The second-order valence-corrected chi connectivity index (χ2v) is 5.40. The van der Waals surface area contributed by atoms with Crippen LogP contribution >= 0.6 is 11.8 Å². The first-order valence-electron chi connectivity index (χ1n) is 6.09. The first-order chi connectivity index (χ1) is 9.88. The molecule has 21 heavy (non-hydrogen) atoms. The topological polar surface area (TPSA) is 83.9 Å². The molecule has 0 aromatic heterocycles. The number of nitrogens with zero attached hydrogens (tertiary/aromatic N) is 1. The fourth-order valence-corrected chi connectivity index (χ4v) is 2.42. The van der Waals surface area contributed by atoms with E-state index >= 15 is 0 Å². The Bertz CT molecular complexity index is 623. The lowest BCUT2D eigenvalue weighted by atomic mass is 10.2. The lowest BCUT2D eigenvalue weighted by Gasteiger charge is -2.10. The molecule has 0 aliphatic carbocycles. The molecule has 1 aliphatic heterocycles. The molecule has 110 valence electrons. The van der Waals surface area contributed by atoms with Crippen molar-refractivity contribution in [3.8, 4) is 5.75 Å². The van der Waals surface area contributed by atoms with Crippen LogP contribution in [0.3, 0.4) is 0 Å². The molecule has 2 amide bonds. The third-order valence-electron chi connectivity index (χ3n) is 2.83. The average molecular weight is 307 g/mol. The number of carboxylic acids is 1. The standard InChI is InChI=1S/C14H13NO5S/c1-8(13(17)18)20-10-5-3-9(4-6-10)7-11-12(16)15(2)14(19)21-11/h3-8H,1-2H3,(H,17,18)/b11-7+/t8-/m0/s1. The Morgan fingerprint density at radius 3 is 2.43 bits per heavy atom. The normalized spacial score (nSPS) is 18.2. The number of hydrogen-bond acceptors (Lipinski definition) is 5. The van der Waals surface area contributed by atoms with Crippen molar-refractivity contribution in [1.82, 2.24) is 4.90 Å². The molecule has 6 nitrogen and oxygen atoms in total.